The Kier molecular flexibility index (Phi) is 11.2. The van der Waals surface area contributed by atoms with Crippen LogP contribution in [0.2, 0.25) is 0 Å². The molecule has 3 saturated carbocycles. The number of halogens is 6. The van der Waals surface area contributed by atoms with Crippen LogP contribution in [-0.2, 0) is 4.74 Å². The van der Waals surface area contributed by atoms with E-state index in [1.54, 1.807) is 6.07 Å². The highest BCUT2D eigenvalue weighted by Crippen LogP contribution is 2.46. The van der Waals surface area contributed by atoms with E-state index in [1.165, 1.54) is 44.9 Å². The molecule has 0 bridgehead atoms. The summed E-state index contributed by atoms with van der Waals surface area (Å²) in [6.45, 7) is 3.98. The summed E-state index contributed by atoms with van der Waals surface area (Å²) in [5.74, 6) is -4.71. The van der Waals surface area contributed by atoms with E-state index in [9.17, 15) is 22.0 Å². The fourth-order valence-electron chi connectivity index (χ4n) is 7.95. The highest BCUT2D eigenvalue weighted by molar-refractivity contribution is 5.30. The first kappa shape index (κ1) is 33.2. The van der Waals surface area contributed by atoms with Crippen molar-refractivity contribution in [3.8, 4) is 5.75 Å². The van der Waals surface area contributed by atoms with Crippen molar-refractivity contribution in [2.45, 2.75) is 115 Å². The van der Waals surface area contributed by atoms with Gasteiger partial charge in [0.1, 0.15) is 11.6 Å². The number of rotatable bonds is 11. The van der Waals surface area contributed by atoms with Gasteiger partial charge in [-0.3, -0.25) is 0 Å². The van der Waals surface area contributed by atoms with Crippen LogP contribution >= 0.6 is 0 Å². The number of alkyl halides is 2. The van der Waals surface area contributed by atoms with Crippen molar-refractivity contribution in [1.29, 1.82) is 0 Å². The van der Waals surface area contributed by atoms with E-state index in [4.69, 9.17) is 4.74 Å². The van der Waals surface area contributed by atoms with Gasteiger partial charge in [-0.15, -0.1) is 0 Å². The summed E-state index contributed by atoms with van der Waals surface area (Å²) in [4.78, 5) is 0. The first-order chi connectivity index (χ1) is 21.1. The minimum atomic E-state index is -3.69. The van der Waals surface area contributed by atoms with Gasteiger partial charge in [-0.2, -0.15) is 8.78 Å². The van der Waals surface area contributed by atoms with E-state index in [1.807, 2.05) is 12.1 Å². The first-order valence-electron chi connectivity index (χ1n) is 16.7. The van der Waals surface area contributed by atoms with Gasteiger partial charge in [0.2, 0.25) is 0 Å². The molecule has 0 amide bonds. The molecular formula is C36H46F6O2. The Balaban J connectivity index is 1.08. The lowest BCUT2D eigenvalue weighted by Crippen LogP contribution is -2.37. The molecule has 0 spiro atoms. The lowest BCUT2D eigenvalue weighted by molar-refractivity contribution is -0.222. The normalized spacial score (nSPS) is 28.2. The van der Waals surface area contributed by atoms with E-state index >= 15 is 4.39 Å². The molecule has 3 aliphatic carbocycles. The Morgan fingerprint density at radius 1 is 0.705 bits per heavy atom. The van der Waals surface area contributed by atoms with Gasteiger partial charge in [-0.05, 0) is 130 Å². The van der Waals surface area contributed by atoms with Crippen LogP contribution < -0.4 is 4.74 Å². The second kappa shape index (κ2) is 14.9. The average molecular weight is 625 g/mol. The van der Waals surface area contributed by atoms with Gasteiger partial charge < -0.3 is 9.47 Å². The molecule has 0 heterocycles. The summed E-state index contributed by atoms with van der Waals surface area (Å²) in [7, 11) is 0. The summed E-state index contributed by atoms with van der Waals surface area (Å²) in [5.41, 5.74) is 1.59. The van der Waals surface area contributed by atoms with E-state index in [-0.39, 0.29) is 24.6 Å². The van der Waals surface area contributed by atoms with E-state index in [0.29, 0.717) is 42.4 Å². The van der Waals surface area contributed by atoms with E-state index in [2.05, 4.69) is 11.7 Å². The van der Waals surface area contributed by atoms with Crippen LogP contribution in [0, 0.1) is 46.9 Å². The molecule has 2 nitrogen and oxygen atoms in total. The molecule has 0 atom stereocenters. The predicted molar refractivity (Wildman–Crippen MR) is 159 cm³/mol. The quantitative estimate of drug-likeness (QED) is 0.141. The fraction of sp³-hybridized carbons (Fsp3) is 0.667. The zero-order valence-corrected chi connectivity index (χ0v) is 25.7. The highest BCUT2D eigenvalue weighted by Gasteiger charge is 2.44. The standard InChI is InChI=1S/C36H46F6O2/c1-2-3-18-43-22-23-4-6-24(7-5-23)25-8-10-26(11-9-25)28-14-17-31(32(37)19-28)27-12-15-29(16-13-27)36(41,42)44-30-20-33(38)35(40)34(39)21-30/h14,17,19-21,23-27,29H,2-13,15-16,18,22H2,1H3. The van der Waals surface area contributed by atoms with Gasteiger partial charge in [0.05, 0.1) is 5.92 Å². The van der Waals surface area contributed by atoms with Crippen molar-refractivity contribution >= 4 is 0 Å². The number of benzene rings is 2. The minimum absolute atomic E-state index is 0.0722. The first-order valence-corrected chi connectivity index (χ1v) is 16.7. The monoisotopic (exact) mass is 624 g/mol. The molecule has 5 rings (SSSR count). The number of hydrogen-bond donors (Lipinski definition) is 0. The zero-order valence-electron chi connectivity index (χ0n) is 25.7. The lowest BCUT2D eigenvalue weighted by Gasteiger charge is -2.38. The average Bonchev–Trinajstić information content (AvgIpc) is 3.02. The Bertz CT molecular complexity index is 1190. The topological polar surface area (TPSA) is 18.5 Å². The lowest BCUT2D eigenvalue weighted by atomic mass is 9.68. The van der Waals surface area contributed by atoms with Crippen LogP contribution in [-0.4, -0.2) is 19.3 Å². The summed E-state index contributed by atoms with van der Waals surface area (Å²) in [5, 5.41) is 0. The van der Waals surface area contributed by atoms with Gasteiger partial charge in [0.15, 0.2) is 17.5 Å². The van der Waals surface area contributed by atoms with E-state index < -0.39 is 35.2 Å². The Hall–Kier alpha value is -2.22. The largest absolute Gasteiger partial charge is 0.432 e. The summed E-state index contributed by atoms with van der Waals surface area (Å²) in [6, 6.07) is 6.35. The van der Waals surface area contributed by atoms with Crippen LogP contribution in [0.15, 0.2) is 30.3 Å². The molecule has 0 saturated heterocycles. The SMILES string of the molecule is CCCCOCC1CCC(C2CCC(c3ccc(C4CCC(C(F)(F)Oc5cc(F)c(F)c(F)c5)CC4)c(F)c3)CC2)CC1. The van der Waals surface area contributed by atoms with Crippen LogP contribution in [0.4, 0.5) is 26.3 Å². The van der Waals surface area contributed by atoms with Gasteiger partial charge in [0.25, 0.3) is 0 Å². The Labute approximate surface area is 257 Å². The molecular weight excluding hydrogens is 578 g/mol. The molecule has 0 aliphatic heterocycles. The van der Waals surface area contributed by atoms with Crippen molar-refractivity contribution in [3.05, 3.63) is 64.7 Å². The summed E-state index contributed by atoms with van der Waals surface area (Å²) in [6.07, 6.45) is 9.12. The maximum Gasteiger partial charge on any atom is 0.400 e. The van der Waals surface area contributed by atoms with Gasteiger partial charge in [-0.25, -0.2) is 17.6 Å². The number of hydrogen-bond acceptors (Lipinski definition) is 2. The minimum Gasteiger partial charge on any atom is -0.432 e. The molecule has 8 heteroatoms. The van der Waals surface area contributed by atoms with Gasteiger partial charge >= 0.3 is 6.11 Å². The third-order valence-electron chi connectivity index (χ3n) is 10.7. The molecule has 44 heavy (non-hydrogen) atoms. The highest BCUT2D eigenvalue weighted by atomic mass is 19.3. The van der Waals surface area contributed by atoms with Crippen LogP contribution in [0.3, 0.4) is 0 Å². The van der Waals surface area contributed by atoms with Crippen molar-refractivity contribution in [1.82, 2.24) is 0 Å². The van der Waals surface area contributed by atoms with Crippen molar-refractivity contribution in [3.63, 3.8) is 0 Å². The number of ether oxygens (including phenoxy) is 2. The van der Waals surface area contributed by atoms with Crippen molar-refractivity contribution < 1.29 is 35.8 Å². The smallest absolute Gasteiger partial charge is 0.400 e. The van der Waals surface area contributed by atoms with Crippen LogP contribution in [0.1, 0.15) is 120 Å². The van der Waals surface area contributed by atoms with Crippen LogP contribution in [0.5, 0.6) is 5.75 Å². The summed E-state index contributed by atoms with van der Waals surface area (Å²) >= 11 is 0. The third kappa shape index (κ3) is 8.13. The molecule has 244 valence electrons. The molecule has 0 radical (unpaired) electrons. The molecule has 0 aromatic heterocycles. The second-order valence-electron chi connectivity index (χ2n) is 13.5. The van der Waals surface area contributed by atoms with Gasteiger partial charge in [0, 0.05) is 25.3 Å². The Morgan fingerprint density at radius 3 is 1.89 bits per heavy atom. The van der Waals surface area contributed by atoms with Crippen molar-refractivity contribution in [2.24, 2.45) is 23.7 Å². The Morgan fingerprint density at radius 2 is 1.30 bits per heavy atom. The maximum absolute atomic E-state index is 15.4. The second-order valence-corrected chi connectivity index (χ2v) is 13.5. The fourth-order valence-corrected chi connectivity index (χ4v) is 7.95. The molecule has 0 unspecified atom stereocenters. The maximum atomic E-state index is 15.4. The van der Waals surface area contributed by atoms with Gasteiger partial charge in [-0.1, -0.05) is 25.5 Å². The van der Waals surface area contributed by atoms with Crippen molar-refractivity contribution in [2.75, 3.05) is 13.2 Å². The molecule has 3 aliphatic rings. The predicted octanol–water partition coefficient (Wildman–Crippen LogP) is 11.1. The molecule has 0 N–H and O–H groups in total. The summed E-state index contributed by atoms with van der Waals surface area (Å²) < 4.78 is 95.6. The number of unbranched alkanes of at least 4 members (excludes halogenated alkanes) is 1. The van der Waals surface area contributed by atoms with Crippen LogP contribution in [0.25, 0.3) is 0 Å². The molecule has 2 aromatic carbocycles. The third-order valence-corrected chi connectivity index (χ3v) is 10.7. The zero-order chi connectivity index (χ0) is 31.3. The molecule has 2 aromatic rings. The molecule has 3 fully saturated rings. The van der Waals surface area contributed by atoms with E-state index in [0.717, 1.165) is 49.9 Å².